The van der Waals surface area contributed by atoms with Gasteiger partial charge in [0.05, 0.1) is 6.61 Å². The summed E-state index contributed by atoms with van der Waals surface area (Å²) in [4.78, 5) is 12.2. The van der Waals surface area contributed by atoms with Crippen LogP contribution in [0.3, 0.4) is 0 Å². The van der Waals surface area contributed by atoms with Crippen molar-refractivity contribution in [2.45, 2.75) is 55.8 Å². The maximum atomic E-state index is 12.2. The predicted octanol–water partition coefficient (Wildman–Crippen LogP) is -2.92. The molecule has 1 fully saturated rings. The molecule has 0 bridgehead atoms. The van der Waals surface area contributed by atoms with E-state index in [0.717, 1.165) is 22.4 Å². The van der Waals surface area contributed by atoms with Crippen molar-refractivity contribution in [3.05, 3.63) is 34.7 Å². The summed E-state index contributed by atoms with van der Waals surface area (Å²) < 4.78 is 5.34. The number of aliphatic hydroxyl groups excluding tert-OH is 5. The first-order chi connectivity index (χ1) is 12.9. The van der Waals surface area contributed by atoms with Gasteiger partial charge in [-0.05, 0) is 28.9 Å². The van der Waals surface area contributed by atoms with E-state index in [0.29, 0.717) is 12.8 Å². The molecule has 6 N–H and O–H groups in total. The highest BCUT2D eigenvalue weighted by atomic mass is 16.6. The van der Waals surface area contributed by atoms with Gasteiger partial charge in [0.15, 0.2) is 6.10 Å². The van der Waals surface area contributed by atoms with Gasteiger partial charge in [-0.3, -0.25) is 0 Å². The second-order valence-electron chi connectivity index (χ2n) is 6.99. The molecular weight excluding hydrogens is 354 g/mol. The summed E-state index contributed by atoms with van der Waals surface area (Å²) in [5.41, 5.74) is 1.13. The number of hydrogen-bond acceptors (Lipinski definition) is 8. The third kappa shape index (κ3) is 4.15. The van der Waals surface area contributed by atoms with Gasteiger partial charge in [0.1, 0.15) is 24.4 Å². The Balaban J connectivity index is 1.69. The summed E-state index contributed by atoms with van der Waals surface area (Å²) in [6.07, 6.45) is -4.16. The highest BCUT2D eigenvalue weighted by Gasteiger charge is 2.37. The fourth-order valence-electron chi connectivity index (χ4n) is 3.60. The Morgan fingerprint density at radius 3 is 2.63 bits per heavy atom. The van der Waals surface area contributed by atoms with Crippen LogP contribution in [-0.4, -0.2) is 74.7 Å². The minimum Gasteiger partial charge on any atom is -0.460 e. The highest BCUT2D eigenvalue weighted by Crippen LogP contribution is 2.27. The van der Waals surface area contributed by atoms with Crippen molar-refractivity contribution in [3.8, 4) is 0 Å². The molecule has 1 saturated carbocycles. The first-order valence-corrected chi connectivity index (χ1v) is 9.00. The third-order valence-corrected chi connectivity index (χ3v) is 5.17. The van der Waals surface area contributed by atoms with Crippen molar-refractivity contribution in [2.24, 2.45) is 0 Å². The largest absolute Gasteiger partial charge is 0.460 e. The lowest BCUT2D eigenvalue weighted by Gasteiger charge is -2.34. The van der Waals surface area contributed by atoms with E-state index < -0.39 is 43.1 Å². The maximum Gasteiger partial charge on any atom is 0.338 e. The van der Waals surface area contributed by atoms with Gasteiger partial charge in [-0.15, -0.1) is 0 Å². The summed E-state index contributed by atoms with van der Waals surface area (Å²) in [6, 6.07) is 8.08. The minimum absolute atomic E-state index is 0.173. The van der Waals surface area contributed by atoms with Gasteiger partial charge in [0.25, 0.3) is 0 Å². The summed E-state index contributed by atoms with van der Waals surface area (Å²) in [5, 5.41) is 53.0. The van der Waals surface area contributed by atoms with Crippen molar-refractivity contribution >= 4 is 17.7 Å². The van der Waals surface area contributed by atoms with Crippen LogP contribution in [0.5, 0.6) is 0 Å². The van der Waals surface area contributed by atoms with E-state index in [4.69, 9.17) is 9.84 Å². The van der Waals surface area contributed by atoms with E-state index in [2.05, 4.69) is 5.32 Å². The average Bonchev–Trinajstić information content (AvgIpc) is 2.71. The van der Waals surface area contributed by atoms with Crippen molar-refractivity contribution in [2.75, 3.05) is 6.61 Å². The monoisotopic (exact) mass is 379 g/mol. The summed E-state index contributed by atoms with van der Waals surface area (Å²) in [6.45, 7) is -0.814. The Morgan fingerprint density at radius 1 is 1.15 bits per heavy atom. The average molecular weight is 379 g/mol. The molecule has 0 aromatic heterocycles. The lowest BCUT2D eigenvalue weighted by Crippen LogP contribution is -2.50. The number of benzene rings is 1. The molecule has 8 heteroatoms. The van der Waals surface area contributed by atoms with Gasteiger partial charge < -0.3 is 35.6 Å². The highest BCUT2D eigenvalue weighted by molar-refractivity contribution is 5.75. The number of fused-ring (bicyclic) bond motifs is 2. The molecular formula is C19H25NO7. The number of hydrogen-bond donors (Lipinski definition) is 6. The van der Waals surface area contributed by atoms with Crippen LogP contribution in [0, 0.1) is 0 Å². The molecule has 2 aliphatic rings. The number of nitrogens with one attached hydrogen (secondary N) is 1. The van der Waals surface area contributed by atoms with Gasteiger partial charge >= 0.3 is 5.97 Å². The van der Waals surface area contributed by atoms with Crippen molar-refractivity contribution in [3.63, 3.8) is 0 Å². The van der Waals surface area contributed by atoms with Crippen LogP contribution in [0.4, 0.5) is 0 Å². The Labute approximate surface area is 156 Å². The molecule has 0 radical (unpaired) electrons. The van der Waals surface area contributed by atoms with Crippen molar-refractivity contribution in [1.29, 1.82) is 0 Å². The number of esters is 1. The second kappa shape index (κ2) is 8.37. The lowest BCUT2D eigenvalue weighted by atomic mass is 9.85. The fourth-order valence-corrected chi connectivity index (χ4v) is 3.60. The van der Waals surface area contributed by atoms with Crippen molar-refractivity contribution in [1.82, 2.24) is 5.32 Å². The smallest absolute Gasteiger partial charge is 0.338 e. The first kappa shape index (κ1) is 19.8. The molecule has 0 saturated heterocycles. The van der Waals surface area contributed by atoms with Gasteiger partial charge in [-0.1, -0.05) is 24.3 Å². The van der Waals surface area contributed by atoms with E-state index in [1.54, 1.807) is 0 Å². The first-order valence-electron chi connectivity index (χ1n) is 9.00. The normalized spacial score (nSPS) is 25.7. The van der Waals surface area contributed by atoms with Gasteiger partial charge in [-0.25, -0.2) is 4.79 Å². The predicted molar refractivity (Wildman–Crippen MR) is 95.3 cm³/mol. The number of carbonyl (C=O) groups excluding carboxylic acids is 1. The Morgan fingerprint density at radius 2 is 1.89 bits per heavy atom. The van der Waals surface area contributed by atoms with Crippen LogP contribution in [0.15, 0.2) is 24.3 Å². The quantitative estimate of drug-likeness (QED) is 0.289. The molecule has 0 amide bonds. The Kier molecular flexibility index (Phi) is 6.13. The Hall–Kier alpha value is -1.97. The van der Waals surface area contributed by atoms with Crippen LogP contribution < -0.4 is 15.8 Å². The number of carbonyl (C=O) groups is 1. The standard InChI is InChI=1S/C19H25NO7/c21-9-15(22)16(23)17(24)18(25)19(26)27-11-5-6-14-13(7-11)12-4-2-1-3-10(12)8-20-14/h1-4,8,11,14-18,20-25H,5-7,9H2/t11?,14?,15-,16-,17+,18-/m1/s1. The zero-order chi connectivity index (χ0) is 19.6. The molecule has 1 aromatic carbocycles. The third-order valence-electron chi connectivity index (χ3n) is 5.17. The van der Waals surface area contributed by atoms with Crippen LogP contribution >= 0.6 is 0 Å². The molecule has 27 heavy (non-hydrogen) atoms. The molecule has 1 aromatic rings. The second-order valence-corrected chi connectivity index (χ2v) is 6.99. The Bertz CT molecular complexity index is 795. The van der Waals surface area contributed by atoms with E-state index >= 15 is 0 Å². The summed E-state index contributed by atoms with van der Waals surface area (Å²) in [7, 11) is 0. The number of rotatable bonds is 6. The van der Waals surface area contributed by atoms with Crippen LogP contribution in [0.2, 0.25) is 0 Å². The zero-order valence-electron chi connectivity index (χ0n) is 14.7. The fraction of sp³-hybridized carbons (Fsp3) is 0.526. The van der Waals surface area contributed by atoms with Gasteiger partial charge in [0, 0.05) is 18.7 Å². The number of ether oxygens (including phenoxy) is 1. The van der Waals surface area contributed by atoms with E-state index in [9.17, 15) is 25.2 Å². The van der Waals surface area contributed by atoms with Crippen LogP contribution in [0.25, 0.3) is 11.8 Å². The molecule has 1 heterocycles. The molecule has 0 spiro atoms. The molecule has 8 nitrogen and oxygen atoms in total. The van der Waals surface area contributed by atoms with E-state index in [1.807, 2.05) is 30.5 Å². The van der Waals surface area contributed by atoms with Crippen LogP contribution in [0.1, 0.15) is 19.3 Å². The molecule has 1 aliphatic carbocycles. The van der Waals surface area contributed by atoms with E-state index in [1.165, 1.54) is 0 Å². The van der Waals surface area contributed by atoms with Crippen LogP contribution in [-0.2, 0) is 9.53 Å². The maximum absolute atomic E-state index is 12.2. The van der Waals surface area contributed by atoms with E-state index in [-0.39, 0.29) is 6.04 Å². The molecule has 6 atom stereocenters. The molecule has 2 unspecified atom stereocenters. The minimum atomic E-state index is -2.02. The molecule has 3 rings (SSSR count). The summed E-state index contributed by atoms with van der Waals surface area (Å²) in [5.74, 6) is -1.07. The van der Waals surface area contributed by atoms with Crippen molar-refractivity contribution < 1.29 is 35.1 Å². The SMILES string of the molecule is O=C(OC1CCC2NC=c3ccccc3=C2C1)[C@H](O)[C@@H](O)[C@H](O)[C@H](O)CO. The zero-order valence-corrected chi connectivity index (χ0v) is 14.7. The molecule has 148 valence electrons. The van der Waals surface area contributed by atoms with Gasteiger partial charge in [0.2, 0.25) is 0 Å². The lowest BCUT2D eigenvalue weighted by molar-refractivity contribution is -0.175. The van der Waals surface area contributed by atoms with Gasteiger partial charge in [-0.2, -0.15) is 0 Å². The topological polar surface area (TPSA) is 139 Å². The summed E-state index contributed by atoms with van der Waals surface area (Å²) >= 11 is 0. The number of aliphatic hydroxyl groups is 5. The molecule has 1 aliphatic heterocycles.